The fourth-order valence-corrected chi connectivity index (χ4v) is 2.27. The average molecular weight is 390 g/mol. The van der Waals surface area contributed by atoms with E-state index in [4.69, 9.17) is 5.73 Å². The summed E-state index contributed by atoms with van der Waals surface area (Å²) in [5, 5.41) is 32.0. The number of rotatable bonds is 9. The Bertz CT molecular complexity index is 637. The molecule has 0 aliphatic carbocycles. The standard InChI is InChI=1S/C16H23N3O6.ClH/c1-10(2)14(17)16(23,15(21)22)18-13(20)5-3-4-11-6-8-12(9-7-11)19(24)25;/h6-10,14,23H,3-5,17H2,1-2H3,(H,18,20)(H,21,22);1H/t14-,16+;/m1./s1. The van der Waals surface area contributed by atoms with Gasteiger partial charge in [0.05, 0.1) is 11.0 Å². The van der Waals surface area contributed by atoms with Crippen LogP contribution in [-0.4, -0.2) is 38.8 Å². The number of aryl methyl sites for hydroxylation is 1. The molecule has 0 unspecified atom stereocenters. The van der Waals surface area contributed by atoms with Gasteiger partial charge in [-0.3, -0.25) is 14.9 Å². The van der Waals surface area contributed by atoms with Gasteiger partial charge < -0.3 is 21.3 Å². The van der Waals surface area contributed by atoms with Gasteiger partial charge in [-0.25, -0.2) is 4.79 Å². The second kappa shape index (κ2) is 10.0. The summed E-state index contributed by atoms with van der Waals surface area (Å²) in [5.41, 5.74) is 3.97. The molecule has 0 aliphatic rings. The van der Waals surface area contributed by atoms with Crippen LogP contribution < -0.4 is 11.1 Å². The van der Waals surface area contributed by atoms with Crippen molar-refractivity contribution < 1.29 is 24.7 Å². The van der Waals surface area contributed by atoms with Crippen LogP contribution in [0.1, 0.15) is 32.3 Å². The van der Waals surface area contributed by atoms with Crippen molar-refractivity contribution in [3.63, 3.8) is 0 Å². The summed E-state index contributed by atoms with van der Waals surface area (Å²) in [4.78, 5) is 33.3. The van der Waals surface area contributed by atoms with Gasteiger partial charge in [0.15, 0.2) is 0 Å². The van der Waals surface area contributed by atoms with Crippen molar-refractivity contribution in [1.82, 2.24) is 5.32 Å². The van der Waals surface area contributed by atoms with Crippen LogP contribution in [0.25, 0.3) is 0 Å². The van der Waals surface area contributed by atoms with E-state index < -0.39 is 28.6 Å². The molecular weight excluding hydrogens is 366 g/mol. The zero-order valence-electron chi connectivity index (χ0n) is 14.5. The van der Waals surface area contributed by atoms with Crippen LogP contribution in [0.3, 0.4) is 0 Å². The third-order valence-electron chi connectivity index (χ3n) is 3.87. The van der Waals surface area contributed by atoms with Gasteiger partial charge in [-0.05, 0) is 24.3 Å². The summed E-state index contributed by atoms with van der Waals surface area (Å²) >= 11 is 0. The highest BCUT2D eigenvalue weighted by atomic mass is 35.5. The van der Waals surface area contributed by atoms with Gasteiger partial charge in [0, 0.05) is 18.6 Å². The highest BCUT2D eigenvalue weighted by Gasteiger charge is 2.45. The van der Waals surface area contributed by atoms with Crippen LogP contribution in [0.5, 0.6) is 0 Å². The minimum absolute atomic E-state index is 0. The van der Waals surface area contributed by atoms with Crippen LogP contribution in [0.15, 0.2) is 24.3 Å². The van der Waals surface area contributed by atoms with Gasteiger partial charge in [0.2, 0.25) is 5.91 Å². The molecule has 0 saturated heterocycles. The topological polar surface area (TPSA) is 156 Å². The van der Waals surface area contributed by atoms with Crippen molar-refractivity contribution in [3.8, 4) is 0 Å². The second-order valence-corrected chi connectivity index (χ2v) is 6.17. The first-order valence-corrected chi connectivity index (χ1v) is 7.83. The van der Waals surface area contributed by atoms with E-state index in [1.54, 1.807) is 26.0 Å². The normalized spacial score (nSPS) is 14.0. The number of halogens is 1. The Kier molecular flexibility index (Phi) is 9.19. The monoisotopic (exact) mass is 389 g/mol. The summed E-state index contributed by atoms with van der Waals surface area (Å²) in [6.07, 6.45) is 0.848. The van der Waals surface area contributed by atoms with Crippen molar-refractivity contribution in [2.45, 2.75) is 44.9 Å². The minimum atomic E-state index is -2.53. The summed E-state index contributed by atoms with van der Waals surface area (Å²) in [6.45, 7) is 3.28. The number of nitro benzene ring substituents is 1. The van der Waals surface area contributed by atoms with E-state index in [1.807, 2.05) is 0 Å². The number of benzene rings is 1. The van der Waals surface area contributed by atoms with E-state index in [0.29, 0.717) is 12.8 Å². The maximum absolute atomic E-state index is 11.9. The Morgan fingerprint density at radius 2 is 1.85 bits per heavy atom. The minimum Gasteiger partial charge on any atom is -0.478 e. The number of carbonyl (C=O) groups is 2. The summed E-state index contributed by atoms with van der Waals surface area (Å²) in [7, 11) is 0. The molecule has 0 aliphatic heterocycles. The number of hydrogen-bond acceptors (Lipinski definition) is 6. The van der Waals surface area contributed by atoms with Crippen molar-refractivity contribution in [2.75, 3.05) is 0 Å². The van der Waals surface area contributed by atoms with Gasteiger partial charge in [0.1, 0.15) is 0 Å². The number of aliphatic carboxylic acids is 1. The molecular formula is C16H24ClN3O6. The number of aliphatic hydroxyl groups is 1. The van der Waals surface area contributed by atoms with E-state index in [1.165, 1.54) is 12.1 Å². The number of hydrogen-bond donors (Lipinski definition) is 4. The van der Waals surface area contributed by atoms with Crippen molar-refractivity contribution >= 4 is 30.0 Å². The van der Waals surface area contributed by atoms with E-state index in [0.717, 1.165) is 5.56 Å². The summed E-state index contributed by atoms with van der Waals surface area (Å²) in [6, 6.07) is 4.78. The fraction of sp³-hybridized carbons (Fsp3) is 0.500. The van der Waals surface area contributed by atoms with Crippen molar-refractivity contribution in [1.29, 1.82) is 0 Å². The van der Waals surface area contributed by atoms with Gasteiger partial charge in [-0.1, -0.05) is 26.0 Å². The molecule has 0 fully saturated rings. The Labute approximate surface area is 157 Å². The predicted molar refractivity (Wildman–Crippen MR) is 96.8 cm³/mol. The number of amides is 1. The summed E-state index contributed by atoms with van der Waals surface area (Å²) in [5.74, 6) is -2.61. The molecule has 1 aromatic carbocycles. The summed E-state index contributed by atoms with van der Waals surface area (Å²) < 4.78 is 0. The van der Waals surface area contributed by atoms with Gasteiger partial charge in [0.25, 0.3) is 11.4 Å². The lowest BCUT2D eigenvalue weighted by Crippen LogP contribution is -2.66. The smallest absolute Gasteiger partial charge is 0.358 e. The van der Waals surface area contributed by atoms with Gasteiger partial charge in [-0.15, -0.1) is 12.4 Å². The van der Waals surface area contributed by atoms with E-state index in [2.05, 4.69) is 5.32 Å². The van der Waals surface area contributed by atoms with E-state index in [9.17, 15) is 29.9 Å². The highest BCUT2D eigenvalue weighted by Crippen LogP contribution is 2.16. The van der Waals surface area contributed by atoms with Crippen LogP contribution in [0, 0.1) is 16.0 Å². The van der Waals surface area contributed by atoms with Gasteiger partial charge >= 0.3 is 5.97 Å². The number of nitrogens with two attached hydrogens (primary N) is 1. The van der Waals surface area contributed by atoms with Crippen molar-refractivity contribution in [2.24, 2.45) is 11.7 Å². The maximum Gasteiger partial charge on any atom is 0.358 e. The Hall–Kier alpha value is -2.23. The first kappa shape index (κ1) is 23.8. The molecule has 0 heterocycles. The lowest BCUT2D eigenvalue weighted by atomic mass is 9.93. The number of non-ortho nitro benzene ring substituents is 1. The van der Waals surface area contributed by atoms with Gasteiger partial charge in [-0.2, -0.15) is 0 Å². The van der Waals surface area contributed by atoms with E-state index >= 15 is 0 Å². The number of carbonyl (C=O) groups excluding carboxylic acids is 1. The number of nitro groups is 1. The average Bonchev–Trinajstić information content (AvgIpc) is 2.54. The van der Waals surface area contributed by atoms with Crippen molar-refractivity contribution in [3.05, 3.63) is 39.9 Å². The Morgan fingerprint density at radius 3 is 2.27 bits per heavy atom. The number of carboxylic acids is 1. The third kappa shape index (κ3) is 6.25. The van der Waals surface area contributed by atoms with E-state index in [-0.39, 0.29) is 30.4 Å². The van der Waals surface area contributed by atoms with Crippen LogP contribution in [-0.2, 0) is 16.0 Å². The zero-order valence-corrected chi connectivity index (χ0v) is 15.4. The number of carboxylic acid groups (broad SMARTS) is 1. The quantitative estimate of drug-likeness (QED) is 0.281. The largest absolute Gasteiger partial charge is 0.478 e. The first-order valence-electron chi connectivity index (χ1n) is 7.83. The van der Waals surface area contributed by atoms with Crippen LogP contribution in [0.4, 0.5) is 5.69 Å². The Morgan fingerprint density at radius 1 is 1.31 bits per heavy atom. The van der Waals surface area contributed by atoms with Crippen LogP contribution >= 0.6 is 12.4 Å². The molecule has 26 heavy (non-hydrogen) atoms. The molecule has 0 aromatic heterocycles. The fourth-order valence-electron chi connectivity index (χ4n) is 2.27. The molecule has 1 aromatic rings. The zero-order chi connectivity index (χ0) is 19.2. The molecule has 1 amide bonds. The lowest BCUT2D eigenvalue weighted by Gasteiger charge is -2.32. The number of nitrogens with zero attached hydrogens (tertiary/aromatic N) is 1. The molecule has 0 saturated carbocycles. The molecule has 5 N–H and O–H groups in total. The first-order chi connectivity index (χ1) is 11.6. The molecule has 0 bridgehead atoms. The predicted octanol–water partition coefficient (Wildman–Crippen LogP) is 1.21. The molecule has 0 radical (unpaired) electrons. The molecule has 0 spiro atoms. The lowest BCUT2D eigenvalue weighted by molar-refractivity contribution is -0.384. The highest BCUT2D eigenvalue weighted by molar-refractivity contribution is 5.86. The molecule has 2 atom stereocenters. The Balaban J connectivity index is 0.00000625. The number of nitrogens with one attached hydrogen (secondary N) is 1. The maximum atomic E-state index is 11.9. The second-order valence-electron chi connectivity index (χ2n) is 6.17. The molecule has 9 nitrogen and oxygen atoms in total. The SMILES string of the molecule is CC(C)[C@@H](N)[C@@](O)(NC(=O)CCCc1ccc([N+](=O)[O-])cc1)C(=O)O.Cl. The molecule has 10 heteroatoms. The molecule has 146 valence electrons. The van der Waals surface area contributed by atoms with Crippen LogP contribution in [0.2, 0.25) is 0 Å². The molecule has 1 rings (SSSR count). The third-order valence-corrected chi connectivity index (χ3v) is 3.87.